The zero-order valence-corrected chi connectivity index (χ0v) is 38.5. The summed E-state index contributed by atoms with van der Waals surface area (Å²) in [6.07, 6.45) is 1.49. The lowest BCUT2D eigenvalue weighted by Crippen LogP contribution is -2.68. The number of ether oxygens (including phenoxy) is 1. The second-order valence-electron chi connectivity index (χ2n) is 17.0. The van der Waals surface area contributed by atoms with Crippen molar-refractivity contribution in [3.05, 3.63) is 139 Å². The Morgan fingerprint density at radius 3 is 1.24 bits per heavy atom. The summed E-state index contributed by atoms with van der Waals surface area (Å²) in [4.78, 5) is 82.4. The number of nitrogens with zero attached hydrogens (tertiary/aromatic N) is 4. The summed E-state index contributed by atoms with van der Waals surface area (Å²) in [6, 6.07) is 26.1. The number of carboxylic acid groups (broad SMARTS) is 1. The lowest BCUT2D eigenvalue weighted by molar-refractivity contribution is -0.166. The van der Waals surface area contributed by atoms with Crippen LogP contribution in [0.2, 0.25) is 10.0 Å². The van der Waals surface area contributed by atoms with Crippen LogP contribution in [0.4, 0.5) is 0 Å². The molecule has 4 aromatic rings. The summed E-state index contributed by atoms with van der Waals surface area (Å²) >= 11 is 11.9. The fourth-order valence-corrected chi connectivity index (χ4v) is 8.58. The number of halogens is 2. The van der Waals surface area contributed by atoms with Crippen molar-refractivity contribution < 1.29 is 38.6 Å². The van der Waals surface area contributed by atoms with E-state index in [4.69, 9.17) is 27.9 Å². The van der Waals surface area contributed by atoms with Gasteiger partial charge in [0.25, 0.3) is 0 Å². The molecule has 2 aliphatic heterocycles. The molecule has 0 radical (unpaired) electrons. The number of rotatable bonds is 14. The number of hydrogen-bond donors (Lipinski definition) is 1. The number of hydrogen-bond acceptors (Lipinski definition) is 7. The largest absolute Gasteiger partial charge is 0.480 e. The maximum atomic E-state index is 13.5. The Balaban J connectivity index is 0.000000238. The van der Waals surface area contributed by atoms with Gasteiger partial charge in [-0.1, -0.05) is 106 Å². The van der Waals surface area contributed by atoms with Crippen LogP contribution in [0.3, 0.4) is 0 Å². The SMILES string of the molecule is COC(=O)CN(Cc1ccc(Cl)cc1)C(=O)C1(C)CCN1C(=O)Cc1cc(C)cc(C)c1.Cc1cc(C)cc(CC(=O)N2CCC2(C)C(=O)N(CC(=O)O)Cc2ccc(Cl)cc2)c1. The molecule has 2 fully saturated rings. The number of esters is 1. The standard InChI is InChI=1S/C25H29ClN2O4.C24H27ClN2O4/c1-17-11-18(2)13-20(12-17)14-22(29)28-10-9-25(28,3)24(31)27(16-23(30)32-4)15-19-5-7-21(26)8-6-19;1-16-10-17(2)12-19(11-16)13-21(28)27-9-8-24(27,3)23(31)26(15-22(29)30)14-18-4-6-20(25)7-5-18/h5-8,11-13H,9-10,14-16H2,1-4H3;4-7,10-12H,8-9,13-15H2,1-3H3,(H,29,30). The molecule has 4 aromatic carbocycles. The third-order valence-electron chi connectivity index (χ3n) is 11.7. The molecular weight excluding hydrogens is 843 g/mol. The van der Waals surface area contributed by atoms with Crippen LogP contribution in [0.1, 0.15) is 71.2 Å². The molecule has 0 saturated carbocycles. The highest BCUT2D eigenvalue weighted by atomic mass is 35.5. The molecule has 2 saturated heterocycles. The Bertz CT molecular complexity index is 2310. The number of amides is 4. The number of benzene rings is 4. The first-order valence-corrected chi connectivity index (χ1v) is 21.6. The van der Waals surface area contributed by atoms with Crippen LogP contribution >= 0.6 is 23.2 Å². The molecule has 334 valence electrons. The second-order valence-corrected chi connectivity index (χ2v) is 17.9. The van der Waals surface area contributed by atoms with Crippen molar-refractivity contribution in [2.45, 2.75) is 91.4 Å². The predicted molar refractivity (Wildman–Crippen MR) is 242 cm³/mol. The topological polar surface area (TPSA) is 145 Å². The smallest absolute Gasteiger partial charge is 0.325 e. The van der Waals surface area contributed by atoms with Crippen LogP contribution in [0.5, 0.6) is 0 Å². The molecule has 0 spiro atoms. The first-order chi connectivity index (χ1) is 29.7. The molecule has 2 unspecified atom stereocenters. The van der Waals surface area contributed by atoms with Crippen molar-refractivity contribution in [1.82, 2.24) is 19.6 Å². The van der Waals surface area contributed by atoms with Gasteiger partial charge in [0.1, 0.15) is 24.2 Å². The average Bonchev–Trinajstić information content (AvgIpc) is 3.19. The Kier molecular flexibility index (Phi) is 15.8. The Hall–Kier alpha value is -5.72. The maximum absolute atomic E-state index is 13.5. The van der Waals surface area contributed by atoms with Gasteiger partial charge >= 0.3 is 11.9 Å². The number of methoxy groups -OCH3 is 1. The van der Waals surface area contributed by atoms with E-state index in [-0.39, 0.29) is 56.1 Å². The molecule has 6 rings (SSSR count). The van der Waals surface area contributed by atoms with Gasteiger partial charge in [-0.05, 0) is 101 Å². The molecular formula is C49H56Cl2N4O8. The van der Waals surface area contributed by atoms with E-state index in [1.54, 1.807) is 60.0 Å². The van der Waals surface area contributed by atoms with Crippen molar-refractivity contribution in [2.24, 2.45) is 0 Å². The lowest BCUT2D eigenvalue weighted by atomic mass is 9.84. The van der Waals surface area contributed by atoms with E-state index < -0.39 is 29.6 Å². The third kappa shape index (κ3) is 12.3. The van der Waals surface area contributed by atoms with Crippen LogP contribution in [-0.4, -0.2) is 105 Å². The molecule has 1 N–H and O–H groups in total. The van der Waals surface area contributed by atoms with Gasteiger partial charge in [-0.2, -0.15) is 0 Å². The van der Waals surface area contributed by atoms with Crippen LogP contribution in [0.15, 0.2) is 84.9 Å². The molecule has 2 heterocycles. The Morgan fingerprint density at radius 2 is 0.937 bits per heavy atom. The minimum absolute atomic E-state index is 0.0957. The highest BCUT2D eigenvalue weighted by Gasteiger charge is 2.52. The van der Waals surface area contributed by atoms with Crippen LogP contribution < -0.4 is 0 Å². The molecule has 2 atom stereocenters. The molecule has 0 aliphatic carbocycles. The molecule has 0 aromatic heterocycles. The van der Waals surface area contributed by atoms with Gasteiger partial charge in [0, 0.05) is 36.2 Å². The highest BCUT2D eigenvalue weighted by Crippen LogP contribution is 2.35. The molecule has 63 heavy (non-hydrogen) atoms. The third-order valence-corrected chi connectivity index (χ3v) is 12.2. The molecule has 2 aliphatic rings. The number of aryl methyl sites for hydroxylation is 4. The maximum Gasteiger partial charge on any atom is 0.325 e. The van der Waals surface area contributed by atoms with Crippen LogP contribution in [-0.2, 0) is 59.4 Å². The van der Waals surface area contributed by atoms with E-state index in [0.29, 0.717) is 36.0 Å². The average molecular weight is 900 g/mol. The van der Waals surface area contributed by atoms with Crippen LogP contribution in [0.25, 0.3) is 0 Å². The quantitative estimate of drug-likeness (QED) is 0.130. The minimum atomic E-state index is -1.10. The van der Waals surface area contributed by atoms with Crippen molar-refractivity contribution in [3.63, 3.8) is 0 Å². The first kappa shape index (κ1) is 48.3. The molecule has 14 heteroatoms. The summed E-state index contributed by atoms with van der Waals surface area (Å²) in [5.41, 5.74) is 5.78. The Labute approximate surface area is 379 Å². The van der Waals surface area contributed by atoms with Gasteiger partial charge in [0.05, 0.1) is 20.0 Å². The van der Waals surface area contributed by atoms with Crippen molar-refractivity contribution in [1.29, 1.82) is 0 Å². The van der Waals surface area contributed by atoms with Crippen molar-refractivity contribution >= 4 is 58.8 Å². The fourth-order valence-electron chi connectivity index (χ4n) is 8.33. The van der Waals surface area contributed by atoms with Gasteiger partial charge in [0.2, 0.25) is 23.6 Å². The number of carboxylic acids is 1. The highest BCUT2D eigenvalue weighted by molar-refractivity contribution is 6.30. The zero-order valence-electron chi connectivity index (χ0n) is 37.0. The van der Waals surface area contributed by atoms with Crippen molar-refractivity contribution in [2.75, 3.05) is 33.3 Å². The van der Waals surface area contributed by atoms with E-state index in [1.807, 2.05) is 70.2 Å². The molecule has 12 nitrogen and oxygen atoms in total. The lowest BCUT2D eigenvalue weighted by Gasteiger charge is -2.51. The first-order valence-electron chi connectivity index (χ1n) is 20.8. The van der Waals surface area contributed by atoms with E-state index in [2.05, 4.69) is 6.07 Å². The summed E-state index contributed by atoms with van der Waals surface area (Å²) in [7, 11) is 1.29. The fraction of sp³-hybridized carbons (Fsp3) is 0.388. The van der Waals surface area contributed by atoms with Gasteiger partial charge in [-0.3, -0.25) is 28.8 Å². The zero-order chi connectivity index (χ0) is 46.2. The number of aliphatic carboxylic acids is 1. The summed E-state index contributed by atoms with van der Waals surface area (Å²) in [5, 5.41) is 10.5. The molecule has 0 bridgehead atoms. The van der Waals surface area contributed by atoms with E-state index in [0.717, 1.165) is 44.5 Å². The summed E-state index contributed by atoms with van der Waals surface area (Å²) in [6.45, 7) is 12.2. The normalized spacial score (nSPS) is 17.6. The second kappa shape index (κ2) is 20.6. The van der Waals surface area contributed by atoms with Gasteiger partial charge in [0.15, 0.2) is 0 Å². The van der Waals surface area contributed by atoms with Gasteiger partial charge < -0.3 is 29.4 Å². The summed E-state index contributed by atoms with van der Waals surface area (Å²) < 4.78 is 4.79. The number of carbonyl (C=O) groups is 6. The van der Waals surface area contributed by atoms with E-state index in [9.17, 15) is 33.9 Å². The number of likely N-dealkylation sites (tertiary alicyclic amines) is 2. The summed E-state index contributed by atoms with van der Waals surface area (Å²) in [5.74, 6) is -2.46. The minimum Gasteiger partial charge on any atom is -0.480 e. The van der Waals surface area contributed by atoms with Crippen LogP contribution in [0, 0.1) is 27.7 Å². The van der Waals surface area contributed by atoms with Crippen molar-refractivity contribution in [3.8, 4) is 0 Å². The van der Waals surface area contributed by atoms with Gasteiger partial charge in [-0.15, -0.1) is 0 Å². The number of carbonyl (C=O) groups excluding carboxylic acids is 5. The predicted octanol–water partition coefficient (Wildman–Crippen LogP) is 7.30. The van der Waals surface area contributed by atoms with E-state index in [1.165, 1.54) is 16.9 Å². The van der Waals surface area contributed by atoms with E-state index >= 15 is 0 Å². The Morgan fingerprint density at radius 1 is 0.587 bits per heavy atom. The molecule has 4 amide bonds. The van der Waals surface area contributed by atoms with Gasteiger partial charge in [-0.25, -0.2) is 0 Å². The monoisotopic (exact) mass is 898 g/mol.